The second-order valence-electron chi connectivity index (χ2n) is 4.10. The zero-order valence-electron chi connectivity index (χ0n) is 8.90. The van der Waals surface area contributed by atoms with E-state index in [0.29, 0.717) is 0 Å². The van der Waals surface area contributed by atoms with Crippen LogP contribution in [0.3, 0.4) is 0 Å². The fourth-order valence-electron chi connectivity index (χ4n) is 0.908. The van der Waals surface area contributed by atoms with E-state index >= 15 is 0 Å². The smallest absolute Gasteiger partial charge is 0.271 e. The summed E-state index contributed by atoms with van der Waals surface area (Å²) in [6.07, 6.45) is 2.57. The Morgan fingerprint density at radius 2 is 2.07 bits per heavy atom. The van der Waals surface area contributed by atoms with Crippen molar-refractivity contribution in [3.8, 4) is 6.07 Å². The van der Waals surface area contributed by atoms with Crippen molar-refractivity contribution in [1.29, 1.82) is 5.26 Å². The molecule has 1 rings (SSSR count). The molecule has 78 valence electrons. The monoisotopic (exact) mass is 204 g/mol. The van der Waals surface area contributed by atoms with Gasteiger partial charge in [0.15, 0.2) is 5.69 Å². The van der Waals surface area contributed by atoms with Gasteiger partial charge in [-0.05, 0) is 20.8 Å². The largest absolute Gasteiger partial charge is 0.346 e. The van der Waals surface area contributed by atoms with E-state index in [1.807, 2.05) is 26.8 Å². The van der Waals surface area contributed by atoms with Gasteiger partial charge in [0, 0.05) is 5.54 Å². The first kappa shape index (κ1) is 11.1. The van der Waals surface area contributed by atoms with Crippen molar-refractivity contribution in [2.24, 2.45) is 0 Å². The summed E-state index contributed by atoms with van der Waals surface area (Å²) in [6, 6.07) is 1.84. The highest BCUT2D eigenvalue weighted by Gasteiger charge is 2.16. The molecule has 0 aliphatic heterocycles. The molecule has 1 aromatic heterocycles. The Labute approximate surface area is 88.2 Å². The molecule has 0 aromatic carbocycles. The van der Waals surface area contributed by atoms with Gasteiger partial charge in [0.25, 0.3) is 5.91 Å². The lowest BCUT2D eigenvalue weighted by molar-refractivity contribution is 0.0914. The molecule has 1 aromatic rings. The molecule has 0 bridgehead atoms. The third-order valence-corrected chi connectivity index (χ3v) is 1.49. The summed E-state index contributed by atoms with van der Waals surface area (Å²) >= 11 is 0. The van der Waals surface area contributed by atoms with Crippen molar-refractivity contribution >= 4 is 5.91 Å². The molecule has 0 fully saturated rings. The number of hydrogen-bond acceptors (Lipinski definition) is 4. The Kier molecular flexibility index (Phi) is 3.00. The van der Waals surface area contributed by atoms with Crippen molar-refractivity contribution in [2.45, 2.75) is 26.3 Å². The number of nitrogens with zero attached hydrogens (tertiary/aromatic N) is 3. The highest BCUT2D eigenvalue weighted by Crippen LogP contribution is 2.01. The summed E-state index contributed by atoms with van der Waals surface area (Å²) < 4.78 is 0. The summed E-state index contributed by atoms with van der Waals surface area (Å²) in [5.41, 5.74) is 0.0957. The molecule has 5 heteroatoms. The van der Waals surface area contributed by atoms with Crippen LogP contribution in [0.15, 0.2) is 12.4 Å². The van der Waals surface area contributed by atoms with Crippen LogP contribution >= 0.6 is 0 Å². The van der Waals surface area contributed by atoms with Crippen LogP contribution in [0.25, 0.3) is 0 Å². The van der Waals surface area contributed by atoms with E-state index in [1.165, 1.54) is 12.4 Å². The van der Waals surface area contributed by atoms with Gasteiger partial charge < -0.3 is 5.32 Å². The Morgan fingerprint density at radius 1 is 1.40 bits per heavy atom. The molecule has 1 amide bonds. The Bertz CT molecular complexity index is 397. The summed E-state index contributed by atoms with van der Waals surface area (Å²) in [4.78, 5) is 19.2. The number of carbonyl (C=O) groups is 1. The lowest BCUT2D eigenvalue weighted by Gasteiger charge is -2.19. The summed E-state index contributed by atoms with van der Waals surface area (Å²) in [5, 5.41) is 11.2. The van der Waals surface area contributed by atoms with Gasteiger partial charge >= 0.3 is 0 Å². The van der Waals surface area contributed by atoms with Gasteiger partial charge in [-0.25, -0.2) is 9.97 Å². The van der Waals surface area contributed by atoms with E-state index in [2.05, 4.69) is 15.3 Å². The number of nitrogens with one attached hydrogen (secondary N) is 1. The van der Waals surface area contributed by atoms with Gasteiger partial charge in [0.1, 0.15) is 11.8 Å². The summed E-state index contributed by atoms with van der Waals surface area (Å²) in [7, 11) is 0. The maximum atomic E-state index is 11.6. The molecular weight excluding hydrogens is 192 g/mol. The molecule has 5 nitrogen and oxygen atoms in total. The Balaban J connectivity index is 2.80. The molecule has 1 heterocycles. The first-order chi connectivity index (χ1) is 6.92. The molecule has 0 saturated carbocycles. The van der Waals surface area contributed by atoms with Crippen LogP contribution in [0, 0.1) is 11.3 Å². The van der Waals surface area contributed by atoms with Gasteiger partial charge in [-0.1, -0.05) is 0 Å². The minimum atomic E-state index is -0.313. The van der Waals surface area contributed by atoms with Gasteiger partial charge in [-0.15, -0.1) is 0 Å². The van der Waals surface area contributed by atoms with Crippen LogP contribution in [-0.2, 0) is 0 Å². The van der Waals surface area contributed by atoms with Gasteiger partial charge in [-0.2, -0.15) is 5.26 Å². The average Bonchev–Trinajstić information content (AvgIpc) is 2.15. The molecule has 0 spiro atoms. The summed E-state index contributed by atoms with van der Waals surface area (Å²) in [5.74, 6) is -0.292. The number of amides is 1. The maximum absolute atomic E-state index is 11.6. The number of rotatable bonds is 1. The first-order valence-electron chi connectivity index (χ1n) is 4.47. The van der Waals surface area contributed by atoms with Crippen LogP contribution in [0.2, 0.25) is 0 Å². The molecule has 15 heavy (non-hydrogen) atoms. The van der Waals surface area contributed by atoms with Gasteiger partial charge in [0.2, 0.25) is 0 Å². The lowest BCUT2D eigenvalue weighted by Crippen LogP contribution is -2.41. The van der Waals surface area contributed by atoms with Crippen LogP contribution < -0.4 is 5.32 Å². The second kappa shape index (κ2) is 4.05. The molecule has 0 aliphatic rings. The third-order valence-electron chi connectivity index (χ3n) is 1.49. The fraction of sp³-hybridized carbons (Fsp3) is 0.400. The van der Waals surface area contributed by atoms with Gasteiger partial charge in [0.05, 0.1) is 12.4 Å². The number of nitriles is 1. The van der Waals surface area contributed by atoms with Crippen LogP contribution in [0.1, 0.15) is 37.0 Å². The van der Waals surface area contributed by atoms with Crippen molar-refractivity contribution in [3.05, 3.63) is 23.8 Å². The average molecular weight is 204 g/mol. The minimum absolute atomic E-state index is 0.197. The number of hydrogen-bond donors (Lipinski definition) is 1. The topological polar surface area (TPSA) is 78.7 Å². The second-order valence-corrected chi connectivity index (χ2v) is 4.10. The Morgan fingerprint density at radius 3 is 2.47 bits per heavy atom. The fourth-order valence-corrected chi connectivity index (χ4v) is 0.908. The lowest BCUT2D eigenvalue weighted by atomic mass is 10.1. The van der Waals surface area contributed by atoms with Crippen molar-refractivity contribution in [1.82, 2.24) is 15.3 Å². The predicted octanol–water partition coefficient (Wildman–Crippen LogP) is 0.877. The first-order valence-corrected chi connectivity index (χ1v) is 4.47. The molecule has 0 radical (unpaired) electrons. The van der Waals surface area contributed by atoms with E-state index in [-0.39, 0.29) is 22.8 Å². The normalized spacial score (nSPS) is 10.5. The molecular formula is C10H12N4O. The molecule has 0 unspecified atom stereocenters. The highest BCUT2D eigenvalue weighted by atomic mass is 16.2. The van der Waals surface area contributed by atoms with Crippen molar-refractivity contribution in [2.75, 3.05) is 0 Å². The quantitative estimate of drug-likeness (QED) is 0.736. The van der Waals surface area contributed by atoms with E-state index in [4.69, 9.17) is 5.26 Å². The van der Waals surface area contributed by atoms with E-state index < -0.39 is 0 Å². The molecule has 1 N–H and O–H groups in total. The van der Waals surface area contributed by atoms with Crippen molar-refractivity contribution < 1.29 is 4.79 Å². The van der Waals surface area contributed by atoms with Crippen molar-refractivity contribution in [3.63, 3.8) is 0 Å². The van der Waals surface area contributed by atoms with E-state index in [9.17, 15) is 4.79 Å². The summed E-state index contributed by atoms with van der Waals surface area (Å²) in [6.45, 7) is 5.63. The van der Waals surface area contributed by atoms with E-state index in [0.717, 1.165) is 0 Å². The Hall–Kier alpha value is -1.96. The molecule has 0 saturated heterocycles. The molecule has 0 atom stereocenters. The van der Waals surface area contributed by atoms with Crippen LogP contribution in [-0.4, -0.2) is 21.4 Å². The maximum Gasteiger partial charge on any atom is 0.271 e. The molecule has 0 aliphatic carbocycles. The zero-order valence-corrected chi connectivity index (χ0v) is 8.90. The van der Waals surface area contributed by atoms with Crippen LogP contribution in [0.4, 0.5) is 0 Å². The predicted molar refractivity (Wildman–Crippen MR) is 54.0 cm³/mol. The zero-order chi connectivity index (χ0) is 11.5. The standard InChI is InChI=1S/C10H12N4O/c1-10(2,3)14-9(15)8-6-12-7(4-11)5-13-8/h5-6H,1-3H3,(H,14,15). The number of aromatic nitrogens is 2. The van der Waals surface area contributed by atoms with Crippen LogP contribution in [0.5, 0.6) is 0 Å². The van der Waals surface area contributed by atoms with E-state index in [1.54, 1.807) is 0 Å². The van der Waals surface area contributed by atoms with Gasteiger partial charge in [-0.3, -0.25) is 4.79 Å². The highest BCUT2D eigenvalue weighted by molar-refractivity contribution is 5.92. The SMILES string of the molecule is CC(C)(C)NC(=O)c1cnc(C#N)cn1. The minimum Gasteiger partial charge on any atom is -0.346 e. The number of carbonyl (C=O) groups excluding carboxylic acids is 1. The third kappa shape index (κ3) is 3.35.